The zero-order chi connectivity index (χ0) is 50.6. The van der Waals surface area contributed by atoms with E-state index in [-0.39, 0.29) is 85.5 Å². The number of aryl methyl sites for hydroxylation is 1. The van der Waals surface area contributed by atoms with E-state index < -0.39 is 24.4 Å². The minimum Gasteiger partial charge on any atom is -0.450 e. The monoisotopic (exact) mass is 966 g/mol. The summed E-state index contributed by atoms with van der Waals surface area (Å²) in [5, 5.41) is 13.8. The molecule has 388 valence electrons. The highest BCUT2D eigenvalue weighted by atomic mass is 16.7. The van der Waals surface area contributed by atoms with Crippen molar-refractivity contribution in [3.05, 3.63) is 34.8 Å². The molecule has 2 atom stereocenters. The molecule has 0 radical (unpaired) electrons. The van der Waals surface area contributed by atoms with Crippen LogP contribution in [0.3, 0.4) is 0 Å². The minimum absolute atomic E-state index is 0.00512. The highest BCUT2D eigenvalue weighted by Gasteiger charge is 2.23. The Bertz CT molecular complexity index is 1710. The average molecular weight is 966 g/mol. The second kappa shape index (κ2) is 35.8. The highest BCUT2D eigenvalue weighted by molar-refractivity contribution is 5.90. The number of ether oxygens (including phenoxy) is 6. The number of aromatic nitrogens is 2. The van der Waals surface area contributed by atoms with E-state index in [1.165, 1.54) is 12.1 Å². The van der Waals surface area contributed by atoms with Gasteiger partial charge in [-0.15, -0.1) is 0 Å². The van der Waals surface area contributed by atoms with Crippen molar-refractivity contribution in [3.8, 4) is 0 Å². The molecule has 0 bridgehead atoms. The summed E-state index contributed by atoms with van der Waals surface area (Å²) in [6.45, 7) is 20.9. The third-order valence-electron chi connectivity index (χ3n) is 10.6. The number of alkyl carbamates (subject to hydrolysis) is 2. The molecule has 68 heavy (non-hydrogen) atoms. The third-order valence-corrected chi connectivity index (χ3v) is 10.6. The quantitative estimate of drug-likeness (QED) is 0.0167. The van der Waals surface area contributed by atoms with Gasteiger partial charge in [-0.3, -0.25) is 24.7 Å². The first-order chi connectivity index (χ1) is 32.3. The smallest absolute Gasteiger partial charge is 0.450 e. The fraction of sp³-hybridized carbons (Fsp3) is 0.750. The van der Waals surface area contributed by atoms with Crippen LogP contribution in [0.15, 0.2) is 23.5 Å². The van der Waals surface area contributed by atoms with Crippen LogP contribution in [0.2, 0.25) is 0 Å². The van der Waals surface area contributed by atoms with Gasteiger partial charge in [0.2, 0.25) is 11.9 Å². The summed E-state index contributed by atoms with van der Waals surface area (Å²) >= 11 is 0. The molecule has 20 heteroatoms. The Morgan fingerprint density at radius 2 is 1.15 bits per heavy atom. The Labute approximate surface area is 403 Å². The van der Waals surface area contributed by atoms with Crippen LogP contribution >= 0.6 is 0 Å². The molecule has 20 nitrogen and oxygen atoms in total. The first-order valence-corrected chi connectivity index (χ1v) is 24.1. The maximum atomic E-state index is 12.3. The van der Waals surface area contributed by atoms with Crippen LogP contribution in [0, 0.1) is 29.6 Å². The van der Waals surface area contributed by atoms with Gasteiger partial charge in [-0.05, 0) is 93.5 Å². The molecule has 0 spiro atoms. The molecule has 0 aliphatic heterocycles. The number of anilines is 1. The van der Waals surface area contributed by atoms with E-state index in [9.17, 15) is 33.6 Å². The second-order valence-corrected chi connectivity index (χ2v) is 18.9. The molecule has 0 aliphatic rings. The number of nitrogens with zero attached hydrogens (tertiary/aromatic N) is 1. The second-order valence-electron chi connectivity index (χ2n) is 18.9. The Kier molecular flexibility index (Phi) is 32.0. The predicted octanol–water partition coefficient (Wildman–Crippen LogP) is 7.11. The minimum atomic E-state index is -0.669. The molecule has 1 aromatic heterocycles. The highest BCUT2D eigenvalue weighted by Crippen LogP contribution is 2.29. The predicted molar refractivity (Wildman–Crippen MR) is 258 cm³/mol. The number of ketones is 1. The summed E-state index contributed by atoms with van der Waals surface area (Å²) in [5.74, 6) is 0.0879. The SMILES string of the molecule is C=CC(=O)COCCOC(=O)NCCC(C)(C)CC(C)CNC(=O)COCCCCCCOC(=O)OCCCCCCCOC(=O)NCCC(C)(C)CC(C)CNC(=O)Nc1nc(C)cc(=O)[nH]1. The number of amides is 5. The number of carbonyl (C=O) groups is 6. The average Bonchev–Trinajstić information content (AvgIpc) is 3.25. The molecular formula is C48H83N7O13. The van der Waals surface area contributed by atoms with Crippen molar-refractivity contribution in [2.75, 3.05) is 84.4 Å². The lowest BCUT2D eigenvalue weighted by Crippen LogP contribution is -2.35. The topological polar surface area (TPSA) is 264 Å². The van der Waals surface area contributed by atoms with Crippen molar-refractivity contribution in [3.63, 3.8) is 0 Å². The van der Waals surface area contributed by atoms with E-state index in [1.54, 1.807) is 6.92 Å². The third kappa shape index (κ3) is 35.0. The van der Waals surface area contributed by atoms with E-state index in [0.717, 1.165) is 77.0 Å². The van der Waals surface area contributed by atoms with Crippen LogP contribution < -0.4 is 32.1 Å². The standard InChI is InChI=1S/C48H83N7O13/c1-9-39(56)34-64-27-28-66-45(61)50-22-20-47(5,6)30-36(2)32-51-41(58)35-63-23-15-13-14-18-26-68-46(62)67-25-17-12-10-11-16-24-65-44(60)49-21-19-48(7,8)31-37(3)33-52-43(59)55-42-53-38(4)29-40(57)54-42/h9,29,36-37H,1,10-28,30-35H2,2-8H3,(H,49,60)(H,50,61)(H,51,58)(H3,52,53,54,55,57,59). The number of unbranched alkanes of at least 4 members (excludes halogenated alkanes) is 7. The van der Waals surface area contributed by atoms with Gasteiger partial charge in [0.25, 0.3) is 5.56 Å². The summed E-state index contributed by atoms with van der Waals surface area (Å²) in [6.07, 6.45) is 10.0. The first-order valence-electron chi connectivity index (χ1n) is 24.1. The molecule has 2 unspecified atom stereocenters. The molecule has 1 aromatic rings. The number of hydrogen-bond donors (Lipinski definition) is 6. The fourth-order valence-electron chi connectivity index (χ4n) is 7.24. The molecule has 0 saturated heterocycles. The lowest BCUT2D eigenvalue weighted by Gasteiger charge is -2.28. The van der Waals surface area contributed by atoms with Crippen molar-refractivity contribution in [2.24, 2.45) is 22.7 Å². The zero-order valence-corrected chi connectivity index (χ0v) is 41.9. The summed E-state index contributed by atoms with van der Waals surface area (Å²) in [6, 6.07) is 0.893. The van der Waals surface area contributed by atoms with Crippen molar-refractivity contribution in [2.45, 2.75) is 132 Å². The number of hydrogen-bond acceptors (Lipinski definition) is 14. The van der Waals surface area contributed by atoms with Gasteiger partial charge >= 0.3 is 24.4 Å². The van der Waals surface area contributed by atoms with Gasteiger partial charge in [-0.25, -0.2) is 24.2 Å². The van der Waals surface area contributed by atoms with Gasteiger partial charge < -0.3 is 49.7 Å². The van der Waals surface area contributed by atoms with E-state index >= 15 is 0 Å². The van der Waals surface area contributed by atoms with E-state index in [2.05, 4.69) is 77.7 Å². The lowest BCUT2D eigenvalue weighted by molar-refractivity contribution is -0.126. The van der Waals surface area contributed by atoms with Gasteiger partial charge in [-0.2, -0.15) is 0 Å². The van der Waals surface area contributed by atoms with Crippen LogP contribution in [-0.2, 0) is 38.0 Å². The number of H-pyrrole nitrogens is 1. The summed E-state index contributed by atoms with van der Waals surface area (Å²) < 4.78 is 31.3. The van der Waals surface area contributed by atoms with E-state index in [4.69, 9.17) is 28.4 Å². The normalized spacial score (nSPS) is 12.2. The molecule has 0 aromatic carbocycles. The van der Waals surface area contributed by atoms with Gasteiger partial charge in [0.1, 0.15) is 19.8 Å². The number of aromatic amines is 1. The van der Waals surface area contributed by atoms with Gasteiger partial charge in [0, 0.05) is 44.5 Å². The van der Waals surface area contributed by atoms with Crippen molar-refractivity contribution < 1.29 is 57.2 Å². The van der Waals surface area contributed by atoms with Gasteiger partial charge in [-0.1, -0.05) is 73.8 Å². The van der Waals surface area contributed by atoms with Gasteiger partial charge in [0.05, 0.1) is 26.4 Å². The van der Waals surface area contributed by atoms with Crippen molar-refractivity contribution in [1.82, 2.24) is 31.2 Å². The van der Waals surface area contributed by atoms with Crippen LogP contribution in [0.25, 0.3) is 0 Å². The van der Waals surface area contributed by atoms with Crippen LogP contribution in [0.1, 0.15) is 131 Å². The molecule has 5 amide bonds. The van der Waals surface area contributed by atoms with Crippen LogP contribution in [0.5, 0.6) is 0 Å². The largest absolute Gasteiger partial charge is 0.508 e. The molecule has 0 fully saturated rings. The van der Waals surface area contributed by atoms with Gasteiger partial charge in [0.15, 0.2) is 5.78 Å². The summed E-state index contributed by atoms with van der Waals surface area (Å²) in [5.41, 5.74) is 0.00845. The van der Waals surface area contributed by atoms with E-state index in [0.29, 0.717) is 51.5 Å². The Morgan fingerprint density at radius 3 is 1.69 bits per heavy atom. The van der Waals surface area contributed by atoms with Crippen LogP contribution in [0.4, 0.5) is 25.1 Å². The summed E-state index contributed by atoms with van der Waals surface area (Å²) in [7, 11) is 0. The molecule has 6 N–H and O–H groups in total. The van der Waals surface area contributed by atoms with Crippen molar-refractivity contribution >= 4 is 42.0 Å². The lowest BCUT2D eigenvalue weighted by atomic mass is 9.80. The number of urea groups is 1. The summed E-state index contributed by atoms with van der Waals surface area (Å²) in [4.78, 5) is 89.7. The van der Waals surface area contributed by atoms with Crippen molar-refractivity contribution in [1.29, 1.82) is 0 Å². The Balaban J connectivity index is 1.94. The molecular weight excluding hydrogens is 883 g/mol. The molecule has 1 heterocycles. The molecule has 0 saturated carbocycles. The Hall–Kier alpha value is -5.24. The number of carbonyl (C=O) groups excluding carboxylic acids is 6. The van der Waals surface area contributed by atoms with E-state index in [1.807, 2.05) is 6.92 Å². The van der Waals surface area contributed by atoms with Crippen LogP contribution in [-0.4, -0.2) is 125 Å². The fourth-order valence-corrected chi connectivity index (χ4v) is 7.24. The maximum absolute atomic E-state index is 12.3. The molecule has 0 aliphatic carbocycles. The zero-order valence-electron chi connectivity index (χ0n) is 41.9. The molecule has 1 rings (SSSR count). The first kappa shape index (κ1) is 60.8. The maximum Gasteiger partial charge on any atom is 0.508 e. The number of rotatable bonds is 38. The Morgan fingerprint density at radius 1 is 0.662 bits per heavy atom. The number of nitrogens with one attached hydrogen (secondary N) is 6.